The van der Waals surface area contributed by atoms with Gasteiger partial charge in [-0.25, -0.2) is 0 Å². The molecule has 4 heteroatoms. The smallest absolute Gasteiger partial charge is 0.307 e. The van der Waals surface area contributed by atoms with Gasteiger partial charge in [-0.1, -0.05) is 0 Å². The van der Waals surface area contributed by atoms with Crippen LogP contribution in [0.15, 0.2) is 12.4 Å². The number of carbonyl (C=O) groups is 1. The highest BCUT2D eigenvalue weighted by Crippen LogP contribution is 2.12. The lowest BCUT2D eigenvalue weighted by atomic mass is 10.3. The first-order valence-electron chi connectivity index (χ1n) is 2.94. The van der Waals surface area contributed by atoms with E-state index in [-0.39, 0.29) is 6.42 Å². The molecular formula is C6H9N2O2. The van der Waals surface area contributed by atoms with Crippen LogP contribution < -0.4 is 5.32 Å². The van der Waals surface area contributed by atoms with Gasteiger partial charge in [0.15, 0.2) is 6.17 Å². The van der Waals surface area contributed by atoms with Crippen LogP contribution in [-0.2, 0) is 4.79 Å². The molecule has 1 aliphatic heterocycles. The first-order valence-corrected chi connectivity index (χ1v) is 2.94. The first kappa shape index (κ1) is 6.92. The maximum absolute atomic E-state index is 10.2. The summed E-state index contributed by atoms with van der Waals surface area (Å²) in [6.45, 7) is 0. The monoisotopic (exact) mass is 141 g/mol. The van der Waals surface area contributed by atoms with Gasteiger partial charge in [0.2, 0.25) is 0 Å². The molecule has 0 atom stereocenters. The summed E-state index contributed by atoms with van der Waals surface area (Å²) in [7, 11) is 1.80. The first-order chi connectivity index (χ1) is 4.70. The minimum Gasteiger partial charge on any atom is -0.481 e. The summed E-state index contributed by atoms with van der Waals surface area (Å²) in [4.78, 5) is 11.9. The molecule has 0 fully saturated rings. The summed E-state index contributed by atoms with van der Waals surface area (Å²) < 4.78 is 0. The Kier molecular flexibility index (Phi) is 1.80. The molecule has 0 saturated heterocycles. The van der Waals surface area contributed by atoms with Gasteiger partial charge >= 0.3 is 5.97 Å². The molecule has 0 bridgehead atoms. The normalized spacial score (nSPS) is 17.5. The molecule has 55 valence electrons. The minimum absolute atomic E-state index is 0.0451. The quantitative estimate of drug-likeness (QED) is 0.566. The summed E-state index contributed by atoms with van der Waals surface area (Å²) in [6, 6.07) is 0. The lowest BCUT2D eigenvalue weighted by Crippen LogP contribution is -2.25. The zero-order valence-corrected chi connectivity index (χ0v) is 5.66. The number of rotatable bonds is 2. The molecule has 0 aromatic carbocycles. The van der Waals surface area contributed by atoms with Gasteiger partial charge in [-0.05, 0) is 0 Å². The van der Waals surface area contributed by atoms with Crippen LogP contribution in [-0.4, -0.2) is 23.0 Å². The molecule has 4 nitrogen and oxygen atoms in total. The van der Waals surface area contributed by atoms with Gasteiger partial charge < -0.3 is 15.3 Å². The Labute approximate surface area is 59.1 Å². The Morgan fingerprint density at radius 1 is 1.90 bits per heavy atom. The van der Waals surface area contributed by atoms with E-state index in [1.807, 2.05) is 0 Å². The molecule has 2 N–H and O–H groups in total. The fourth-order valence-corrected chi connectivity index (χ4v) is 0.756. The highest BCUT2D eigenvalue weighted by molar-refractivity contribution is 5.69. The fourth-order valence-electron chi connectivity index (χ4n) is 0.756. The molecule has 0 aromatic heterocycles. The number of aliphatic carboxylic acids is 1. The molecule has 1 aliphatic rings. The summed E-state index contributed by atoms with van der Waals surface area (Å²) in [6.07, 6.45) is 4.23. The van der Waals surface area contributed by atoms with Gasteiger partial charge in [-0.3, -0.25) is 4.79 Å². The van der Waals surface area contributed by atoms with Gasteiger partial charge in [0, 0.05) is 19.4 Å². The number of carboxylic acid groups (broad SMARTS) is 1. The van der Waals surface area contributed by atoms with Crippen molar-refractivity contribution in [1.82, 2.24) is 10.2 Å². The third-order valence-electron chi connectivity index (χ3n) is 1.29. The van der Waals surface area contributed by atoms with Gasteiger partial charge in [0.05, 0.1) is 6.42 Å². The van der Waals surface area contributed by atoms with Crippen LogP contribution >= 0.6 is 0 Å². The van der Waals surface area contributed by atoms with Crippen LogP contribution in [0.5, 0.6) is 0 Å². The number of nitrogens with one attached hydrogen (secondary N) is 1. The second-order valence-corrected chi connectivity index (χ2v) is 2.09. The van der Waals surface area contributed by atoms with Crippen molar-refractivity contribution in [2.24, 2.45) is 0 Å². The van der Waals surface area contributed by atoms with E-state index in [0.29, 0.717) is 6.17 Å². The van der Waals surface area contributed by atoms with Crippen molar-refractivity contribution in [1.29, 1.82) is 0 Å². The molecule has 10 heavy (non-hydrogen) atoms. The van der Waals surface area contributed by atoms with Crippen molar-refractivity contribution >= 4 is 5.97 Å². The number of hydrogen-bond acceptors (Lipinski definition) is 3. The zero-order chi connectivity index (χ0) is 7.56. The number of nitrogens with zero attached hydrogens (tertiary/aromatic N) is 1. The zero-order valence-electron chi connectivity index (χ0n) is 5.66. The predicted molar refractivity (Wildman–Crippen MR) is 35.5 cm³/mol. The van der Waals surface area contributed by atoms with Gasteiger partial charge in [-0.2, -0.15) is 0 Å². The Bertz CT molecular complexity index is 167. The summed E-state index contributed by atoms with van der Waals surface area (Å²) >= 11 is 0. The molecule has 0 aromatic rings. The molecule has 1 rings (SSSR count). The highest BCUT2D eigenvalue weighted by Gasteiger charge is 2.18. The summed E-state index contributed by atoms with van der Waals surface area (Å²) in [5.74, 6) is -0.821. The molecule has 1 heterocycles. The van der Waals surface area contributed by atoms with Crippen LogP contribution in [0, 0.1) is 6.17 Å². The second-order valence-electron chi connectivity index (χ2n) is 2.09. The van der Waals surface area contributed by atoms with Crippen molar-refractivity contribution in [3.63, 3.8) is 0 Å². The Morgan fingerprint density at radius 3 is 3.00 bits per heavy atom. The van der Waals surface area contributed by atoms with E-state index in [2.05, 4.69) is 5.32 Å². The van der Waals surface area contributed by atoms with Crippen LogP contribution in [0.1, 0.15) is 6.42 Å². The average molecular weight is 141 g/mol. The SMILES string of the molecule is CN1C=CN[C]1CC(=O)O. The van der Waals surface area contributed by atoms with E-state index in [1.165, 1.54) is 0 Å². The van der Waals surface area contributed by atoms with E-state index in [0.717, 1.165) is 0 Å². The minimum atomic E-state index is -0.821. The second kappa shape index (κ2) is 2.60. The Hall–Kier alpha value is -1.19. The largest absolute Gasteiger partial charge is 0.481 e. The van der Waals surface area contributed by atoms with E-state index in [1.54, 1.807) is 24.3 Å². The topological polar surface area (TPSA) is 52.6 Å². The maximum Gasteiger partial charge on any atom is 0.307 e. The van der Waals surface area contributed by atoms with E-state index in [9.17, 15) is 4.79 Å². The lowest BCUT2D eigenvalue weighted by molar-refractivity contribution is -0.137. The van der Waals surface area contributed by atoms with Crippen LogP contribution in [0.2, 0.25) is 0 Å². The van der Waals surface area contributed by atoms with Crippen LogP contribution in [0.4, 0.5) is 0 Å². The molecule has 0 saturated carbocycles. The van der Waals surface area contributed by atoms with Crippen molar-refractivity contribution < 1.29 is 9.90 Å². The van der Waals surface area contributed by atoms with E-state index >= 15 is 0 Å². The molecule has 1 radical (unpaired) electrons. The molecular weight excluding hydrogens is 132 g/mol. The van der Waals surface area contributed by atoms with Crippen molar-refractivity contribution in [2.75, 3.05) is 7.05 Å². The van der Waals surface area contributed by atoms with Crippen LogP contribution in [0.25, 0.3) is 0 Å². The van der Waals surface area contributed by atoms with Gasteiger partial charge in [0.25, 0.3) is 0 Å². The third kappa shape index (κ3) is 1.40. The molecule has 0 aliphatic carbocycles. The molecule has 0 amide bonds. The van der Waals surface area contributed by atoms with Crippen molar-refractivity contribution in [2.45, 2.75) is 6.42 Å². The van der Waals surface area contributed by atoms with Crippen LogP contribution in [0.3, 0.4) is 0 Å². The van der Waals surface area contributed by atoms with Crippen molar-refractivity contribution in [3.8, 4) is 0 Å². The summed E-state index contributed by atoms with van der Waals surface area (Å²) in [5, 5.41) is 11.2. The third-order valence-corrected chi connectivity index (χ3v) is 1.29. The molecule has 0 spiro atoms. The van der Waals surface area contributed by atoms with Gasteiger partial charge in [-0.15, -0.1) is 0 Å². The van der Waals surface area contributed by atoms with Crippen molar-refractivity contribution in [3.05, 3.63) is 18.6 Å². The Balaban J connectivity index is 2.37. The van der Waals surface area contributed by atoms with E-state index in [4.69, 9.17) is 5.11 Å². The number of hydrogen-bond donors (Lipinski definition) is 2. The standard InChI is InChI=1S/C6H9N2O2/c1-8-3-2-7-5(8)4-6(9)10/h2-3,7H,4H2,1H3,(H,9,10). The average Bonchev–Trinajstić information content (AvgIpc) is 2.15. The summed E-state index contributed by atoms with van der Waals surface area (Å²) in [5.41, 5.74) is 0. The highest BCUT2D eigenvalue weighted by atomic mass is 16.4. The lowest BCUT2D eigenvalue weighted by Gasteiger charge is -2.16. The predicted octanol–water partition coefficient (Wildman–Crippen LogP) is -0.0432. The fraction of sp³-hybridized carbons (Fsp3) is 0.333. The maximum atomic E-state index is 10.2. The van der Waals surface area contributed by atoms with Gasteiger partial charge in [0.1, 0.15) is 0 Å². The Morgan fingerprint density at radius 2 is 2.60 bits per heavy atom. The van der Waals surface area contributed by atoms with E-state index < -0.39 is 5.97 Å². The molecule has 0 unspecified atom stereocenters. The number of carboxylic acids is 1.